The van der Waals surface area contributed by atoms with Crippen LogP contribution in [0, 0.1) is 0 Å². The van der Waals surface area contributed by atoms with E-state index in [-0.39, 0.29) is 12.2 Å². The summed E-state index contributed by atoms with van der Waals surface area (Å²) < 4.78 is 6.00. The molecule has 0 radical (unpaired) electrons. The summed E-state index contributed by atoms with van der Waals surface area (Å²) in [6.45, 7) is 0. The van der Waals surface area contributed by atoms with Crippen LogP contribution in [0.25, 0.3) is 0 Å². The fraction of sp³-hybridized carbons (Fsp3) is 0.133. The minimum Gasteiger partial charge on any atom is -0.497 e. The Balaban J connectivity index is 2.33. The number of hydrogen-bond acceptors (Lipinski definition) is 2. The summed E-state index contributed by atoms with van der Waals surface area (Å²) in [6, 6.07) is 10.5. The second kappa shape index (κ2) is 6.61. The first-order chi connectivity index (χ1) is 9.52. The number of benzene rings is 2. The summed E-state index contributed by atoms with van der Waals surface area (Å²) in [5.74, 6) is 0.566. The van der Waals surface area contributed by atoms with E-state index in [1.54, 1.807) is 25.3 Å². The number of ketones is 1. The Morgan fingerprint density at radius 2 is 1.85 bits per heavy atom. The number of rotatable bonds is 4. The van der Waals surface area contributed by atoms with Crippen molar-refractivity contribution < 1.29 is 9.53 Å². The predicted molar refractivity (Wildman–Crippen MR) is 85.2 cm³/mol. The van der Waals surface area contributed by atoms with Crippen LogP contribution in [0.1, 0.15) is 15.9 Å². The Labute approximate surface area is 135 Å². The molecule has 0 aliphatic carbocycles. The Morgan fingerprint density at radius 3 is 2.45 bits per heavy atom. The van der Waals surface area contributed by atoms with Crippen LogP contribution < -0.4 is 4.74 Å². The maximum atomic E-state index is 12.4. The van der Waals surface area contributed by atoms with E-state index in [2.05, 4.69) is 15.9 Å². The summed E-state index contributed by atoms with van der Waals surface area (Å²) >= 11 is 15.5. The van der Waals surface area contributed by atoms with Crippen molar-refractivity contribution in [2.24, 2.45) is 0 Å². The second-order valence-electron chi connectivity index (χ2n) is 4.15. The van der Waals surface area contributed by atoms with Gasteiger partial charge in [0, 0.05) is 10.9 Å². The molecule has 2 rings (SSSR count). The molecule has 20 heavy (non-hydrogen) atoms. The molecule has 0 saturated carbocycles. The van der Waals surface area contributed by atoms with Gasteiger partial charge in [-0.3, -0.25) is 4.79 Å². The van der Waals surface area contributed by atoms with Gasteiger partial charge in [0.1, 0.15) is 5.75 Å². The molecule has 2 nitrogen and oxygen atoms in total. The molecule has 0 spiro atoms. The van der Waals surface area contributed by atoms with Gasteiger partial charge in [-0.25, -0.2) is 0 Å². The number of hydrogen-bond donors (Lipinski definition) is 0. The molecule has 0 bridgehead atoms. The first-order valence-electron chi connectivity index (χ1n) is 5.82. The fourth-order valence-corrected chi connectivity index (χ4v) is 2.83. The van der Waals surface area contributed by atoms with Gasteiger partial charge in [-0.2, -0.15) is 0 Å². The van der Waals surface area contributed by atoms with Crippen LogP contribution in [0.2, 0.25) is 10.0 Å². The minimum absolute atomic E-state index is 0.130. The van der Waals surface area contributed by atoms with Crippen LogP contribution in [-0.4, -0.2) is 12.9 Å². The lowest BCUT2D eigenvalue weighted by molar-refractivity contribution is 0.0993. The van der Waals surface area contributed by atoms with Crippen molar-refractivity contribution in [1.82, 2.24) is 0 Å². The highest BCUT2D eigenvalue weighted by atomic mass is 79.9. The zero-order valence-corrected chi connectivity index (χ0v) is 13.7. The van der Waals surface area contributed by atoms with Crippen molar-refractivity contribution >= 4 is 44.9 Å². The Morgan fingerprint density at radius 1 is 1.20 bits per heavy atom. The number of Topliss-reactive ketones (excluding diaryl/α,β-unsaturated/α-hetero) is 1. The number of carbonyl (C=O) groups is 1. The molecule has 0 amide bonds. The minimum atomic E-state index is -0.130. The molecule has 0 N–H and O–H groups in total. The van der Waals surface area contributed by atoms with Crippen LogP contribution >= 0.6 is 39.1 Å². The van der Waals surface area contributed by atoms with Gasteiger partial charge in [0.2, 0.25) is 0 Å². The lowest BCUT2D eigenvalue weighted by atomic mass is 10.0. The lowest BCUT2D eigenvalue weighted by Gasteiger charge is -2.09. The highest BCUT2D eigenvalue weighted by molar-refractivity contribution is 9.10. The smallest absolute Gasteiger partial charge is 0.170 e. The zero-order chi connectivity index (χ0) is 14.7. The van der Waals surface area contributed by atoms with E-state index < -0.39 is 0 Å². The monoisotopic (exact) mass is 372 g/mol. The van der Waals surface area contributed by atoms with Crippen molar-refractivity contribution in [3.05, 3.63) is 62.0 Å². The van der Waals surface area contributed by atoms with Crippen LogP contribution in [-0.2, 0) is 6.42 Å². The second-order valence-corrected chi connectivity index (χ2v) is 5.82. The maximum Gasteiger partial charge on any atom is 0.170 e. The van der Waals surface area contributed by atoms with Gasteiger partial charge in [-0.1, -0.05) is 45.2 Å². The third-order valence-electron chi connectivity index (χ3n) is 2.85. The first-order valence-corrected chi connectivity index (χ1v) is 7.37. The van der Waals surface area contributed by atoms with Crippen LogP contribution in [0.15, 0.2) is 40.9 Å². The number of carbonyl (C=O) groups excluding carboxylic acids is 1. The van der Waals surface area contributed by atoms with Crippen molar-refractivity contribution in [2.45, 2.75) is 6.42 Å². The van der Waals surface area contributed by atoms with E-state index in [9.17, 15) is 4.79 Å². The van der Waals surface area contributed by atoms with Crippen LogP contribution in [0.4, 0.5) is 0 Å². The van der Waals surface area contributed by atoms with E-state index in [4.69, 9.17) is 27.9 Å². The van der Waals surface area contributed by atoms with Crippen molar-refractivity contribution in [3.8, 4) is 5.75 Å². The van der Waals surface area contributed by atoms with E-state index in [1.165, 1.54) is 0 Å². The lowest BCUT2D eigenvalue weighted by Crippen LogP contribution is -2.06. The number of methoxy groups -OCH3 is 1. The molecule has 5 heteroatoms. The van der Waals surface area contributed by atoms with E-state index in [0.717, 1.165) is 10.0 Å². The molecule has 0 aliphatic rings. The average molecular weight is 374 g/mol. The standard InChI is InChI=1S/C15H11BrCl2O2/c1-20-10-5-6-11(16)9(7-10)8-14(19)15-12(17)3-2-4-13(15)18/h2-7H,8H2,1H3. The summed E-state index contributed by atoms with van der Waals surface area (Å²) in [7, 11) is 1.58. The van der Waals surface area contributed by atoms with Gasteiger partial charge < -0.3 is 4.74 Å². The fourth-order valence-electron chi connectivity index (χ4n) is 1.84. The Hall–Kier alpha value is -1.03. The number of ether oxygens (including phenoxy) is 1. The molecule has 0 aromatic heterocycles. The summed E-state index contributed by atoms with van der Waals surface area (Å²) in [6.07, 6.45) is 0.196. The molecule has 0 saturated heterocycles. The Kier molecular flexibility index (Phi) is 5.08. The largest absolute Gasteiger partial charge is 0.497 e. The van der Waals surface area contributed by atoms with Crippen LogP contribution in [0.5, 0.6) is 5.75 Å². The molecule has 2 aromatic rings. The summed E-state index contributed by atoms with van der Waals surface area (Å²) in [5.41, 5.74) is 1.18. The van der Waals surface area contributed by atoms with Gasteiger partial charge >= 0.3 is 0 Å². The summed E-state index contributed by atoms with van der Waals surface area (Å²) in [5, 5.41) is 0.725. The molecule has 104 valence electrons. The molecular formula is C15H11BrCl2O2. The molecule has 0 atom stereocenters. The average Bonchev–Trinajstić information content (AvgIpc) is 2.41. The summed E-state index contributed by atoms with van der Waals surface area (Å²) in [4.78, 5) is 12.4. The quantitative estimate of drug-likeness (QED) is 0.689. The molecule has 0 unspecified atom stereocenters. The van der Waals surface area contributed by atoms with Crippen molar-refractivity contribution in [1.29, 1.82) is 0 Å². The van der Waals surface area contributed by atoms with Gasteiger partial charge in [-0.05, 0) is 35.9 Å². The SMILES string of the molecule is COc1ccc(Br)c(CC(=O)c2c(Cl)cccc2Cl)c1. The molecule has 0 heterocycles. The van der Waals surface area contributed by atoms with Gasteiger partial charge in [0.05, 0.1) is 22.7 Å². The highest BCUT2D eigenvalue weighted by Crippen LogP contribution is 2.28. The topological polar surface area (TPSA) is 26.3 Å². The zero-order valence-electron chi connectivity index (χ0n) is 10.6. The van der Waals surface area contributed by atoms with Crippen molar-refractivity contribution in [3.63, 3.8) is 0 Å². The van der Waals surface area contributed by atoms with Gasteiger partial charge in [0.15, 0.2) is 5.78 Å². The molecule has 2 aromatic carbocycles. The Bertz CT molecular complexity index is 636. The molecule has 0 fully saturated rings. The molecule has 0 aliphatic heterocycles. The van der Waals surface area contributed by atoms with Gasteiger partial charge in [-0.15, -0.1) is 0 Å². The highest BCUT2D eigenvalue weighted by Gasteiger charge is 2.16. The van der Waals surface area contributed by atoms with E-state index >= 15 is 0 Å². The van der Waals surface area contributed by atoms with Gasteiger partial charge in [0.25, 0.3) is 0 Å². The van der Waals surface area contributed by atoms with Crippen LogP contribution in [0.3, 0.4) is 0 Å². The third kappa shape index (κ3) is 3.35. The normalized spacial score (nSPS) is 10.4. The van der Waals surface area contributed by atoms with Crippen molar-refractivity contribution in [2.75, 3.05) is 7.11 Å². The first kappa shape index (κ1) is 15.4. The maximum absolute atomic E-state index is 12.4. The number of halogens is 3. The third-order valence-corrected chi connectivity index (χ3v) is 4.25. The van der Waals surface area contributed by atoms with E-state index in [0.29, 0.717) is 21.4 Å². The van der Waals surface area contributed by atoms with E-state index in [1.807, 2.05) is 18.2 Å². The molecular weight excluding hydrogens is 363 g/mol. The predicted octanol–water partition coefficient (Wildman–Crippen LogP) is 5.19.